The maximum atomic E-state index is 12.8. The summed E-state index contributed by atoms with van der Waals surface area (Å²) in [6.45, 7) is 6.39. The van der Waals surface area contributed by atoms with Gasteiger partial charge in [0.1, 0.15) is 5.54 Å². The molecular formula is C15H26N2O2S. The molecular weight excluding hydrogens is 272 g/mol. The highest BCUT2D eigenvalue weighted by Gasteiger charge is 2.47. The van der Waals surface area contributed by atoms with Gasteiger partial charge >= 0.3 is 0 Å². The minimum atomic E-state index is -0.661. The maximum absolute atomic E-state index is 12.8. The Balaban J connectivity index is 2.11. The molecule has 2 amide bonds. The lowest BCUT2D eigenvalue weighted by Crippen LogP contribution is -2.67. The summed E-state index contributed by atoms with van der Waals surface area (Å²) < 4.78 is 0. The van der Waals surface area contributed by atoms with E-state index in [1.165, 1.54) is 6.42 Å². The Kier molecular flexibility index (Phi) is 4.99. The van der Waals surface area contributed by atoms with E-state index >= 15 is 0 Å². The van der Waals surface area contributed by atoms with Gasteiger partial charge in [-0.1, -0.05) is 20.8 Å². The molecule has 0 radical (unpaired) electrons. The van der Waals surface area contributed by atoms with Crippen molar-refractivity contribution in [3.8, 4) is 0 Å². The lowest BCUT2D eigenvalue weighted by molar-refractivity contribution is -0.152. The topological polar surface area (TPSA) is 49.4 Å². The van der Waals surface area contributed by atoms with Crippen molar-refractivity contribution < 1.29 is 9.59 Å². The highest BCUT2D eigenvalue weighted by atomic mass is 32.2. The molecule has 2 aliphatic rings. The largest absolute Gasteiger partial charge is 0.340 e. The molecule has 114 valence electrons. The van der Waals surface area contributed by atoms with Crippen LogP contribution < -0.4 is 5.32 Å². The molecule has 2 rings (SSSR count). The van der Waals surface area contributed by atoms with Crippen LogP contribution >= 0.6 is 11.8 Å². The first-order valence-electron chi connectivity index (χ1n) is 7.80. The summed E-state index contributed by atoms with van der Waals surface area (Å²) in [7, 11) is 0. The number of carbonyl (C=O) groups is 2. The van der Waals surface area contributed by atoms with E-state index < -0.39 is 5.54 Å². The second-order valence-electron chi connectivity index (χ2n) is 5.81. The van der Waals surface area contributed by atoms with E-state index in [4.69, 9.17) is 0 Å². The number of hydrogen-bond donors (Lipinski definition) is 1. The van der Waals surface area contributed by atoms with Gasteiger partial charge in [-0.2, -0.15) is 11.8 Å². The molecule has 1 aliphatic carbocycles. The SMILES string of the molecule is CCSC1CCC(N2CC(=O)NC(CC)(CC)C2=O)C1. The van der Waals surface area contributed by atoms with Crippen LogP contribution in [0.25, 0.3) is 0 Å². The van der Waals surface area contributed by atoms with Crippen molar-refractivity contribution in [1.29, 1.82) is 0 Å². The number of piperazine rings is 1. The quantitative estimate of drug-likeness (QED) is 0.846. The minimum absolute atomic E-state index is 0.0000976. The van der Waals surface area contributed by atoms with Crippen molar-refractivity contribution in [3.63, 3.8) is 0 Å². The number of nitrogens with one attached hydrogen (secondary N) is 1. The van der Waals surface area contributed by atoms with Gasteiger partial charge in [0.2, 0.25) is 11.8 Å². The first kappa shape index (κ1) is 15.7. The Bertz CT molecular complexity index is 382. The van der Waals surface area contributed by atoms with E-state index in [0.29, 0.717) is 18.1 Å². The van der Waals surface area contributed by atoms with Gasteiger partial charge in [0.25, 0.3) is 0 Å². The zero-order valence-corrected chi connectivity index (χ0v) is 13.6. The van der Waals surface area contributed by atoms with Gasteiger partial charge in [0, 0.05) is 11.3 Å². The lowest BCUT2D eigenvalue weighted by Gasteiger charge is -2.43. The van der Waals surface area contributed by atoms with Crippen molar-refractivity contribution in [3.05, 3.63) is 0 Å². The number of rotatable bonds is 5. The second-order valence-corrected chi connectivity index (χ2v) is 7.39. The molecule has 1 heterocycles. The normalized spacial score (nSPS) is 29.6. The standard InChI is InChI=1S/C15H26N2O2S/c1-4-15(5-2)14(19)17(10-13(18)16-15)11-7-8-12(9-11)20-6-3/h11-12H,4-10H2,1-3H3,(H,16,18). The highest BCUT2D eigenvalue weighted by Crippen LogP contribution is 2.35. The molecule has 1 saturated heterocycles. The van der Waals surface area contributed by atoms with Crippen LogP contribution in [0.2, 0.25) is 0 Å². The van der Waals surface area contributed by atoms with E-state index in [0.717, 1.165) is 18.6 Å². The van der Waals surface area contributed by atoms with Crippen LogP contribution in [0.15, 0.2) is 0 Å². The summed E-state index contributed by atoms with van der Waals surface area (Å²) in [5, 5.41) is 3.59. The van der Waals surface area contributed by atoms with E-state index in [9.17, 15) is 9.59 Å². The fraction of sp³-hybridized carbons (Fsp3) is 0.867. The van der Waals surface area contributed by atoms with Gasteiger partial charge in [0.05, 0.1) is 6.54 Å². The van der Waals surface area contributed by atoms with E-state index in [1.807, 2.05) is 30.5 Å². The zero-order chi connectivity index (χ0) is 14.8. The molecule has 2 fully saturated rings. The molecule has 0 aromatic heterocycles. The van der Waals surface area contributed by atoms with Gasteiger partial charge in [-0.25, -0.2) is 0 Å². The third-order valence-corrected chi connectivity index (χ3v) is 6.00. The molecule has 0 aromatic carbocycles. The lowest BCUT2D eigenvalue weighted by atomic mass is 9.88. The van der Waals surface area contributed by atoms with Crippen LogP contribution in [0.4, 0.5) is 0 Å². The summed E-state index contributed by atoms with van der Waals surface area (Å²) >= 11 is 1.98. The number of carbonyl (C=O) groups excluding carboxylic acids is 2. The Hall–Kier alpha value is -0.710. The average molecular weight is 298 g/mol. The average Bonchev–Trinajstić information content (AvgIpc) is 2.90. The van der Waals surface area contributed by atoms with Crippen molar-refractivity contribution in [2.75, 3.05) is 12.3 Å². The van der Waals surface area contributed by atoms with Crippen LogP contribution in [-0.2, 0) is 9.59 Å². The Morgan fingerprint density at radius 1 is 1.25 bits per heavy atom. The van der Waals surface area contributed by atoms with Crippen LogP contribution in [0.1, 0.15) is 52.9 Å². The smallest absolute Gasteiger partial charge is 0.249 e. The summed E-state index contributed by atoms with van der Waals surface area (Å²) in [5.41, 5.74) is -0.661. The summed E-state index contributed by atoms with van der Waals surface area (Å²) in [6.07, 6.45) is 4.59. The summed E-state index contributed by atoms with van der Waals surface area (Å²) in [5.74, 6) is 1.26. The first-order valence-corrected chi connectivity index (χ1v) is 8.84. The van der Waals surface area contributed by atoms with E-state index in [2.05, 4.69) is 12.2 Å². The minimum Gasteiger partial charge on any atom is -0.340 e. The third kappa shape index (κ3) is 2.83. The molecule has 0 spiro atoms. The van der Waals surface area contributed by atoms with Crippen LogP contribution in [0.5, 0.6) is 0 Å². The summed E-state index contributed by atoms with van der Waals surface area (Å²) in [6, 6.07) is 0.259. The van der Waals surface area contributed by atoms with Gasteiger partial charge in [-0.15, -0.1) is 0 Å². The highest BCUT2D eigenvalue weighted by molar-refractivity contribution is 7.99. The molecule has 1 N–H and O–H groups in total. The van der Waals surface area contributed by atoms with Crippen molar-refractivity contribution in [1.82, 2.24) is 10.2 Å². The third-order valence-electron chi connectivity index (χ3n) is 4.77. The van der Waals surface area contributed by atoms with E-state index in [-0.39, 0.29) is 24.4 Å². The van der Waals surface area contributed by atoms with Gasteiger partial charge in [-0.3, -0.25) is 9.59 Å². The fourth-order valence-corrected chi connectivity index (χ4v) is 4.61. The number of amides is 2. The van der Waals surface area contributed by atoms with E-state index in [1.54, 1.807) is 0 Å². The summed E-state index contributed by atoms with van der Waals surface area (Å²) in [4.78, 5) is 26.7. The number of hydrogen-bond acceptors (Lipinski definition) is 3. The van der Waals surface area contributed by atoms with Crippen molar-refractivity contribution in [2.45, 2.75) is 69.7 Å². The van der Waals surface area contributed by atoms with Gasteiger partial charge in [-0.05, 0) is 37.9 Å². The molecule has 0 bridgehead atoms. The maximum Gasteiger partial charge on any atom is 0.249 e. The molecule has 2 atom stereocenters. The Labute approximate surface area is 126 Å². The predicted molar refractivity (Wildman–Crippen MR) is 82.7 cm³/mol. The molecule has 1 saturated carbocycles. The predicted octanol–water partition coefficient (Wildman–Crippen LogP) is 2.18. The van der Waals surface area contributed by atoms with Crippen molar-refractivity contribution >= 4 is 23.6 Å². The molecule has 5 heteroatoms. The Morgan fingerprint density at radius 2 is 1.95 bits per heavy atom. The molecule has 0 aromatic rings. The number of thioether (sulfide) groups is 1. The molecule has 2 unspecified atom stereocenters. The fourth-order valence-electron chi connectivity index (χ4n) is 3.47. The monoisotopic (exact) mass is 298 g/mol. The van der Waals surface area contributed by atoms with Crippen molar-refractivity contribution in [2.24, 2.45) is 0 Å². The van der Waals surface area contributed by atoms with Crippen LogP contribution in [0, 0.1) is 0 Å². The zero-order valence-electron chi connectivity index (χ0n) is 12.8. The second kappa shape index (κ2) is 6.37. The molecule has 20 heavy (non-hydrogen) atoms. The van der Waals surface area contributed by atoms with Crippen LogP contribution in [0.3, 0.4) is 0 Å². The van der Waals surface area contributed by atoms with Crippen LogP contribution in [-0.4, -0.2) is 45.8 Å². The molecule has 1 aliphatic heterocycles. The Morgan fingerprint density at radius 3 is 2.55 bits per heavy atom. The molecule has 4 nitrogen and oxygen atoms in total. The van der Waals surface area contributed by atoms with Gasteiger partial charge < -0.3 is 10.2 Å². The van der Waals surface area contributed by atoms with Gasteiger partial charge in [0.15, 0.2) is 0 Å². The number of nitrogens with zero attached hydrogens (tertiary/aromatic N) is 1. The first-order chi connectivity index (χ1) is 9.56.